The van der Waals surface area contributed by atoms with Crippen LogP contribution in [0.1, 0.15) is 43.4 Å². The van der Waals surface area contributed by atoms with Crippen LogP contribution in [0.4, 0.5) is 37.6 Å². The Labute approximate surface area is 274 Å². The van der Waals surface area contributed by atoms with E-state index in [2.05, 4.69) is 42.8 Å². The maximum atomic E-state index is 14.7. The highest BCUT2D eigenvalue weighted by molar-refractivity contribution is 6.32. The average molecular weight is 666 g/mol. The van der Waals surface area contributed by atoms with Crippen molar-refractivity contribution in [3.8, 4) is 0 Å². The van der Waals surface area contributed by atoms with Crippen LogP contribution in [0, 0.1) is 5.92 Å². The zero-order valence-corrected chi connectivity index (χ0v) is 26.7. The number of amides is 2. The quantitative estimate of drug-likeness (QED) is 0.218. The van der Waals surface area contributed by atoms with Crippen LogP contribution < -0.4 is 25.8 Å². The SMILES string of the molecule is C[C@@H]1CN(c2ncc(Cl)c(Nc3ccc4c(c3)C(F)(F)C(O)N4C)n2)CC[C@H]1Nc1ccc2c(C3CCC(=O)NC3=O)nn(C)c2c1. The number of hydrogen-bond acceptors (Lipinski definition) is 10. The standard InChI is InChI=1S/C32H34ClF2N9O3/c1-16-15-44(31-36-14-22(33)28(40-31)38-17-5-8-24-21(12-17)32(34,35)30(47)42(24)2)11-10-23(16)37-18-4-6-19-25(13-18)43(3)41-27(19)20-7-9-26(45)39-29(20)46/h4-6,8,12-14,16,20,23,30,37,47H,7,9-11,15H2,1-3H3,(H,36,38,40)(H,39,45,46)/t16-,20?,23-,30?/m1/s1. The Morgan fingerprint density at radius 3 is 2.66 bits per heavy atom. The summed E-state index contributed by atoms with van der Waals surface area (Å²) in [5.74, 6) is -3.46. The van der Waals surface area contributed by atoms with Crippen LogP contribution in [-0.4, -0.2) is 69.1 Å². The van der Waals surface area contributed by atoms with Crippen LogP contribution >= 0.6 is 11.6 Å². The number of piperidine rings is 2. The Morgan fingerprint density at radius 1 is 1.11 bits per heavy atom. The Hall–Kier alpha value is -4.56. The first-order valence-electron chi connectivity index (χ1n) is 15.5. The molecule has 4 N–H and O–H groups in total. The molecule has 2 amide bonds. The third kappa shape index (κ3) is 5.48. The van der Waals surface area contributed by atoms with E-state index in [1.54, 1.807) is 10.7 Å². The molecule has 12 nitrogen and oxygen atoms in total. The van der Waals surface area contributed by atoms with Gasteiger partial charge in [-0.1, -0.05) is 18.5 Å². The highest BCUT2D eigenvalue weighted by Crippen LogP contribution is 2.47. The Balaban J connectivity index is 1.03. The summed E-state index contributed by atoms with van der Waals surface area (Å²) >= 11 is 6.41. The number of carbonyl (C=O) groups is 2. The second-order valence-electron chi connectivity index (χ2n) is 12.5. The first kappa shape index (κ1) is 31.1. The number of imide groups is 1. The molecule has 0 bridgehead atoms. The molecule has 3 aliphatic heterocycles. The van der Waals surface area contributed by atoms with Gasteiger partial charge in [0.15, 0.2) is 12.0 Å². The van der Waals surface area contributed by atoms with Gasteiger partial charge in [0.25, 0.3) is 0 Å². The topological polar surface area (TPSA) is 141 Å². The number of benzene rings is 2. The molecule has 7 rings (SSSR count). The summed E-state index contributed by atoms with van der Waals surface area (Å²) in [5.41, 5.74) is 2.86. The lowest BCUT2D eigenvalue weighted by atomic mass is 9.92. The van der Waals surface area contributed by atoms with Gasteiger partial charge in [-0.15, -0.1) is 0 Å². The minimum atomic E-state index is -3.42. The van der Waals surface area contributed by atoms with Gasteiger partial charge in [0.2, 0.25) is 17.8 Å². The molecule has 47 heavy (non-hydrogen) atoms. The number of aliphatic hydroxyl groups excluding tert-OH is 1. The molecule has 0 radical (unpaired) electrons. The van der Waals surface area contributed by atoms with Crippen LogP contribution in [0.25, 0.3) is 10.9 Å². The Kier molecular flexibility index (Phi) is 7.66. The molecular formula is C32H34ClF2N9O3. The molecule has 3 aliphatic rings. The number of alkyl halides is 2. The number of aromatic nitrogens is 4. The average Bonchev–Trinajstić information content (AvgIpc) is 3.45. The number of anilines is 5. The van der Waals surface area contributed by atoms with Crippen molar-refractivity contribution in [1.29, 1.82) is 0 Å². The van der Waals surface area contributed by atoms with Crippen molar-refractivity contribution in [3.63, 3.8) is 0 Å². The zero-order chi connectivity index (χ0) is 33.2. The molecule has 2 aromatic heterocycles. The van der Waals surface area contributed by atoms with Crippen molar-refractivity contribution in [3.05, 3.63) is 58.9 Å². The van der Waals surface area contributed by atoms with Gasteiger partial charge in [-0.3, -0.25) is 19.6 Å². The molecule has 4 atom stereocenters. The van der Waals surface area contributed by atoms with Crippen molar-refractivity contribution in [1.82, 2.24) is 25.1 Å². The number of likely N-dealkylation sites (N-methyl/N-ethyl adjacent to an activating group) is 1. The lowest BCUT2D eigenvalue weighted by molar-refractivity contribution is -0.134. The number of rotatable bonds is 6. The number of aliphatic hydroxyl groups is 1. The van der Waals surface area contributed by atoms with Gasteiger partial charge in [-0.25, -0.2) is 4.98 Å². The van der Waals surface area contributed by atoms with Crippen LogP contribution in [-0.2, 0) is 22.6 Å². The first-order chi connectivity index (χ1) is 22.4. The van der Waals surface area contributed by atoms with Crippen molar-refractivity contribution in [2.75, 3.05) is 40.6 Å². The number of halogens is 3. The molecule has 0 aliphatic carbocycles. The van der Waals surface area contributed by atoms with Crippen LogP contribution in [0.2, 0.25) is 5.02 Å². The van der Waals surface area contributed by atoms with Crippen LogP contribution in [0.3, 0.4) is 0 Å². The zero-order valence-electron chi connectivity index (χ0n) is 26.0. The van der Waals surface area contributed by atoms with E-state index < -0.39 is 18.1 Å². The van der Waals surface area contributed by atoms with E-state index in [-0.39, 0.29) is 40.0 Å². The lowest BCUT2D eigenvalue weighted by Crippen LogP contribution is -2.46. The molecule has 2 unspecified atom stereocenters. The summed E-state index contributed by atoms with van der Waals surface area (Å²) in [4.78, 5) is 36.4. The van der Waals surface area contributed by atoms with Crippen molar-refractivity contribution in [2.45, 2.75) is 50.3 Å². The van der Waals surface area contributed by atoms with Gasteiger partial charge in [-0.2, -0.15) is 18.9 Å². The number of fused-ring (bicyclic) bond motifs is 2. The normalized spacial score (nSPS) is 24.0. The molecular weight excluding hydrogens is 632 g/mol. The third-order valence-corrected chi connectivity index (χ3v) is 9.69. The van der Waals surface area contributed by atoms with E-state index in [9.17, 15) is 23.5 Å². The Morgan fingerprint density at radius 2 is 1.89 bits per heavy atom. The number of carbonyl (C=O) groups excluding carboxylic acids is 2. The smallest absolute Gasteiger partial charge is 0.318 e. The lowest BCUT2D eigenvalue weighted by Gasteiger charge is -2.37. The monoisotopic (exact) mass is 665 g/mol. The summed E-state index contributed by atoms with van der Waals surface area (Å²) in [6.45, 7) is 3.49. The molecule has 246 valence electrons. The number of nitrogens with one attached hydrogen (secondary N) is 3. The van der Waals surface area contributed by atoms with Gasteiger partial charge in [0.05, 0.1) is 28.9 Å². The molecule has 2 aromatic carbocycles. The van der Waals surface area contributed by atoms with Crippen LogP contribution in [0.5, 0.6) is 0 Å². The van der Waals surface area contributed by atoms with Gasteiger partial charge < -0.3 is 25.5 Å². The summed E-state index contributed by atoms with van der Waals surface area (Å²) in [5, 5.41) is 24.9. The highest BCUT2D eigenvalue weighted by atomic mass is 35.5. The van der Waals surface area contributed by atoms with Gasteiger partial charge >= 0.3 is 5.92 Å². The van der Waals surface area contributed by atoms with Crippen molar-refractivity contribution in [2.24, 2.45) is 13.0 Å². The molecule has 4 aromatic rings. The molecule has 0 saturated carbocycles. The summed E-state index contributed by atoms with van der Waals surface area (Å²) < 4.78 is 31.1. The molecule has 0 spiro atoms. The maximum Gasteiger partial charge on any atom is 0.318 e. The predicted octanol–water partition coefficient (Wildman–Crippen LogP) is 4.47. The predicted molar refractivity (Wildman–Crippen MR) is 174 cm³/mol. The summed E-state index contributed by atoms with van der Waals surface area (Å²) in [7, 11) is 3.27. The highest BCUT2D eigenvalue weighted by Gasteiger charge is 2.51. The number of nitrogens with zero attached hydrogens (tertiary/aromatic N) is 6. The van der Waals surface area contributed by atoms with E-state index in [0.717, 1.165) is 27.9 Å². The maximum absolute atomic E-state index is 14.7. The van der Waals surface area contributed by atoms with Crippen molar-refractivity contribution >= 4 is 63.1 Å². The number of hydrogen-bond donors (Lipinski definition) is 4. The second kappa shape index (κ2) is 11.6. The molecule has 15 heteroatoms. The molecule has 2 fully saturated rings. The van der Waals surface area contributed by atoms with Crippen molar-refractivity contribution < 1.29 is 23.5 Å². The minimum absolute atomic E-state index is 0.165. The van der Waals surface area contributed by atoms with Gasteiger partial charge in [-0.05, 0) is 55.2 Å². The minimum Gasteiger partial charge on any atom is -0.382 e. The van der Waals surface area contributed by atoms with Crippen LogP contribution in [0.15, 0.2) is 42.6 Å². The van der Waals surface area contributed by atoms with E-state index in [4.69, 9.17) is 11.6 Å². The largest absolute Gasteiger partial charge is 0.382 e. The van der Waals surface area contributed by atoms with Gasteiger partial charge in [0, 0.05) is 62.1 Å². The van der Waals surface area contributed by atoms with E-state index in [1.165, 1.54) is 25.4 Å². The molecule has 5 heterocycles. The summed E-state index contributed by atoms with van der Waals surface area (Å²) in [6, 6.07) is 10.6. The fourth-order valence-corrected chi connectivity index (χ4v) is 6.92. The van der Waals surface area contributed by atoms with E-state index in [1.807, 2.05) is 25.2 Å². The number of aryl methyl sites for hydroxylation is 1. The fraction of sp³-hybridized carbons (Fsp3) is 0.406. The second-order valence-corrected chi connectivity index (χ2v) is 12.9. The molecule has 2 saturated heterocycles. The first-order valence-corrected chi connectivity index (χ1v) is 15.8. The fourth-order valence-electron chi connectivity index (χ4n) is 6.78. The Bertz CT molecular complexity index is 1900. The summed E-state index contributed by atoms with van der Waals surface area (Å²) in [6.07, 6.45) is 1.10. The van der Waals surface area contributed by atoms with E-state index >= 15 is 0 Å². The van der Waals surface area contributed by atoms with Gasteiger partial charge in [0.1, 0.15) is 5.02 Å². The van der Waals surface area contributed by atoms with E-state index in [0.29, 0.717) is 49.1 Å². The third-order valence-electron chi connectivity index (χ3n) is 9.41.